The number of amides is 1. The Morgan fingerprint density at radius 3 is 2.57 bits per heavy atom. The van der Waals surface area contributed by atoms with E-state index >= 15 is 0 Å². The smallest absolute Gasteiger partial charge is 0.223 e. The second-order valence-electron chi connectivity index (χ2n) is 7.89. The highest BCUT2D eigenvalue weighted by Gasteiger charge is 2.41. The zero-order valence-corrected chi connectivity index (χ0v) is 14.9. The fourth-order valence-corrected chi connectivity index (χ4v) is 4.59. The summed E-state index contributed by atoms with van der Waals surface area (Å²) in [6.45, 7) is 6.68. The monoisotopic (exact) mass is 313 g/mol. The molecule has 126 valence electrons. The van der Waals surface area contributed by atoms with Crippen molar-refractivity contribution in [3.63, 3.8) is 0 Å². The van der Waals surface area contributed by atoms with E-state index in [9.17, 15) is 4.79 Å². The van der Waals surface area contributed by atoms with Crippen LogP contribution < -0.4 is 0 Å². The van der Waals surface area contributed by atoms with Gasteiger partial charge in [0.25, 0.3) is 0 Å². The molecule has 2 fully saturated rings. The number of rotatable bonds is 4. The first-order valence-electron chi connectivity index (χ1n) is 9.46. The molecule has 1 saturated carbocycles. The standard InChI is InChI=1S/C21H31NO/c1-15(2)18-11-8-17(9-12-18)10-13-21(23)22-16(3)14-19-6-4-5-7-20(19)22/h8-9,11-12,15-16,19-20H,4-7,10,13-14H2,1-3H3. The topological polar surface area (TPSA) is 20.3 Å². The third-order valence-electron chi connectivity index (χ3n) is 5.91. The first-order valence-corrected chi connectivity index (χ1v) is 9.46. The lowest BCUT2D eigenvalue weighted by Crippen LogP contribution is -2.42. The lowest BCUT2D eigenvalue weighted by Gasteiger charge is -2.33. The van der Waals surface area contributed by atoms with Crippen LogP contribution in [0, 0.1) is 5.92 Å². The number of hydrogen-bond donors (Lipinski definition) is 0. The van der Waals surface area contributed by atoms with Crippen LogP contribution in [0.1, 0.15) is 76.3 Å². The summed E-state index contributed by atoms with van der Waals surface area (Å²) in [7, 11) is 0. The van der Waals surface area contributed by atoms with E-state index in [0.29, 0.717) is 30.3 Å². The molecule has 1 saturated heterocycles. The van der Waals surface area contributed by atoms with Gasteiger partial charge in [-0.15, -0.1) is 0 Å². The van der Waals surface area contributed by atoms with Crippen LogP contribution in [0.3, 0.4) is 0 Å². The summed E-state index contributed by atoms with van der Waals surface area (Å²) in [5, 5.41) is 0. The summed E-state index contributed by atoms with van der Waals surface area (Å²) < 4.78 is 0. The van der Waals surface area contributed by atoms with E-state index in [0.717, 1.165) is 12.3 Å². The van der Waals surface area contributed by atoms with E-state index in [1.54, 1.807) is 0 Å². The summed E-state index contributed by atoms with van der Waals surface area (Å²) in [6.07, 6.45) is 7.97. The summed E-state index contributed by atoms with van der Waals surface area (Å²) in [5.41, 5.74) is 2.66. The SMILES string of the molecule is CC(C)c1ccc(CCC(=O)N2C(C)CC3CCCCC32)cc1. The largest absolute Gasteiger partial charge is 0.337 e. The molecule has 1 aromatic rings. The first-order chi connectivity index (χ1) is 11.1. The number of likely N-dealkylation sites (tertiary alicyclic amines) is 1. The number of carbonyl (C=O) groups is 1. The van der Waals surface area contributed by atoms with Crippen LogP contribution in [-0.2, 0) is 11.2 Å². The van der Waals surface area contributed by atoms with Gasteiger partial charge in [-0.25, -0.2) is 0 Å². The molecule has 0 radical (unpaired) electrons. The van der Waals surface area contributed by atoms with Crippen LogP contribution in [0.5, 0.6) is 0 Å². The highest BCUT2D eigenvalue weighted by Crippen LogP contribution is 2.39. The average Bonchev–Trinajstić information content (AvgIpc) is 2.88. The number of benzene rings is 1. The van der Waals surface area contributed by atoms with Gasteiger partial charge in [-0.1, -0.05) is 51.0 Å². The van der Waals surface area contributed by atoms with Gasteiger partial charge >= 0.3 is 0 Å². The lowest BCUT2D eigenvalue weighted by molar-refractivity contribution is -0.134. The molecule has 1 aliphatic carbocycles. The van der Waals surface area contributed by atoms with Crippen LogP contribution >= 0.6 is 0 Å². The third kappa shape index (κ3) is 3.62. The van der Waals surface area contributed by atoms with Crippen molar-refractivity contribution in [2.45, 2.75) is 83.7 Å². The Bertz CT molecular complexity index is 533. The zero-order valence-electron chi connectivity index (χ0n) is 14.9. The molecule has 3 unspecified atom stereocenters. The average molecular weight is 313 g/mol. The lowest BCUT2D eigenvalue weighted by atomic mass is 9.85. The van der Waals surface area contributed by atoms with Crippen molar-refractivity contribution < 1.29 is 4.79 Å². The summed E-state index contributed by atoms with van der Waals surface area (Å²) >= 11 is 0. The van der Waals surface area contributed by atoms with Crippen LogP contribution in [0.2, 0.25) is 0 Å². The van der Waals surface area contributed by atoms with Crippen LogP contribution in [0.4, 0.5) is 0 Å². The minimum Gasteiger partial charge on any atom is -0.337 e. The van der Waals surface area contributed by atoms with Gasteiger partial charge in [0.05, 0.1) is 0 Å². The molecule has 3 rings (SSSR count). The van der Waals surface area contributed by atoms with Gasteiger partial charge in [0.2, 0.25) is 5.91 Å². The molecule has 1 heterocycles. The second-order valence-corrected chi connectivity index (χ2v) is 7.89. The van der Waals surface area contributed by atoms with Gasteiger partial charge in [-0.3, -0.25) is 4.79 Å². The molecule has 1 aliphatic heterocycles. The molecule has 0 bridgehead atoms. The van der Waals surface area contributed by atoms with Gasteiger partial charge < -0.3 is 4.90 Å². The van der Waals surface area contributed by atoms with Gasteiger partial charge in [0.15, 0.2) is 0 Å². The van der Waals surface area contributed by atoms with Crippen molar-refractivity contribution >= 4 is 5.91 Å². The molecule has 2 aliphatic rings. The van der Waals surface area contributed by atoms with Crippen molar-refractivity contribution in [1.82, 2.24) is 4.90 Å². The van der Waals surface area contributed by atoms with E-state index in [2.05, 4.69) is 49.9 Å². The maximum absolute atomic E-state index is 12.8. The minimum absolute atomic E-state index is 0.375. The predicted molar refractivity (Wildman–Crippen MR) is 95.5 cm³/mol. The Morgan fingerprint density at radius 2 is 1.87 bits per heavy atom. The van der Waals surface area contributed by atoms with Crippen LogP contribution in [-0.4, -0.2) is 22.9 Å². The maximum Gasteiger partial charge on any atom is 0.223 e. The summed E-state index contributed by atoms with van der Waals surface area (Å²) in [6, 6.07) is 9.78. The van der Waals surface area contributed by atoms with Crippen molar-refractivity contribution in [2.24, 2.45) is 5.92 Å². The molecular weight excluding hydrogens is 282 g/mol. The highest BCUT2D eigenvalue weighted by atomic mass is 16.2. The summed E-state index contributed by atoms with van der Waals surface area (Å²) in [5.74, 6) is 1.72. The highest BCUT2D eigenvalue weighted by molar-refractivity contribution is 5.77. The van der Waals surface area contributed by atoms with Gasteiger partial charge in [-0.2, -0.15) is 0 Å². The van der Waals surface area contributed by atoms with E-state index < -0.39 is 0 Å². The number of aryl methyl sites for hydroxylation is 1. The Kier molecular flexibility index (Phi) is 5.08. The Balaban J connectivity index is 1.58. The van der Waals surface area contributed by atoms with Crippen LogP contribution in [0.25, 0.3) is 0 Å². The number of fused-ring (bicyclic) bond motifs is 1. The second kappa shape index (κ2) is 7.07. The Hall–Kier alpha value is -1.31. The van der Waals surface area contributed by atoms with Gasteiger partial charge in [0.1, 0.15) is 0 Å². The molecule has 1 aromatic carbocycles. The van der Waals surface area contributed by atoms with E-state index in [1.807, 2.05) is 0 Å². The Labute approximate surface area is 141 Å². The van der Waals surface area contributed by atoms with Crippen molar-refractivity contribution in [3.05, 3.63) is 35.4 Å². The van der Waals surface area contributed by atoms with Crippen molar-refractivity contribution in [1.29, 1.82) is 0 Å². The molecule has 3 atom stereocenters. The normalized spacial score (nSPS) is 27.3. The van der Waals surface area contributed by atoms with E-state index in [1.165, 1.54) is 43.2 Å². The van der Waals surface area contributed by atoms with Crippen molar-refractivity contribution in [3.8, 4) is 0 Å². The fourth-order valence-electron chi connectivity index (χ4n) is 4.59. The van der Waals surface area contributed by atoms with Crippen molar-refractivity contribution in [2.75, 3.05) is 0 Å². The van der Waals surface area contributed by atoms with Gasteiger partial charge in [-0.05, 0) is 55.6 Å². The first kappa shape index (κ1) is 16.5. The minimum atomic E-state index is 0.375. The molecule has 0 spiro atoms. The predicted octanol–water partition coefficient (Wildman–Crippen LogP) is 4.92. The Morgan fingerprint density at radius 1 is 1.17 bits per heavy atom. The van der Waals surface area contributed by atoms with E-state index in [4.69, 9.17) is 0 Å². The molecular formula is C21H31NO. The summed E-state index contributed by atoms with van der Waals surface area (Å²) in [4.78, 5) is 15.0. The molecule has 0 aromatic heterocycles. The number of nitrogens with zero attached hydrogens (tertiary/aromatic N) is 1. The molecule has 2 nitrogen and oxygen atoms in total. The third-order valence-corrected chi connectivity index (χ3v) is 5.91. The number of carbonyl (C=O) groups excluding carboxylic acids is 1. The zero-order chi connectivity index (χ0) is 16.4. The quantitative estimate of drug-likeness (QED) is 0.772. The van der Waals surface area contributed by atoms with Gasteiger partial charge in [0, 0.05) is 18.5 Å². The maximum atomic E-state index is 12.8. The molecule has 1 amide bonds. The van der Waals surface area contributed by atoms with E-state index in [-0.39, 0.29) is 0 Å². The molecule has 23 heavy (non-hydrogen) atoms. The fraction of sp³-hybridized carbons (Fsp3) is 0.667. The molecule has 2 heteroatoms. The molecule has 0 N–H and O–H groups in total. The van der Waals surface area contributed by atoms with Crippen LogP contribution in [0.15, 0.2) is 24.3 Å². The number of hydrogen-bond acceptors (Lipinski definition) is 1.